The highest BCUT2D eigenvalue weighted by atomic mass is 32.1. The molecule has 0 saturated heterocycles. The van der Waals surface area contributed by atoms with Gasteiger partial charge in [-0.3, -0.25) is 9.97 Å². The van der Waals surface area contributed by atoms with E-state index in [1.54, 1.807) is 29.9 Å². The number of thiophene rings is 1. The number of nitrogens with zero attached hydrogens (tertiary/aromatic N) is 2. The van der Waals surface area contributed by atoms with E-state index in [9.17, 15) is 0 Å². The fraction of sp³-hybridized carbons (Fsp3) is 0.111. The Morgan fingerprint density at radius 2 is 2.23 bits per heavy atom. The van der Waals surface area contributed by atoms with Crippen molar-refractivity contribution in [1.82, 2.24) is 9.97 Å². The highest BCUT2D eigenvalue weighted by molar-refractivity contribution is 7.15. The second kappa shape index (κ2) is 3.64. The van der Waals surface area contributed by atoms with E-state index in [0.29, 0.717) is 6.54 Å². The third-order valence-corrected chi connectivity index (χ3v) is 2.81. The van der Waals surface area contributed by atoms with Crippen LogP contribution < -0.4 is 5.73 Å². The Labute approximate surface area is 80.3 Å². The van der Waals surface area contributed by atoms with Crippen molar-refractivity contribution in [3.8, 4) is 10.6 Å². The van der Waals surface area contributed by atoms with Gasteiger partial charge in [0.15, 0.2) is 0 Å². The van der Waals surface area contributed by atoms with Gasteiger partial charge >= 0.3 is 0 Å². The van der Waals surface area contributed by atoms with Crippen LogP contribution >= 0.6 is 11.3 Å². The molecule has 0 aliphatic carbocycles. The lowest BCUT2D eigenvalue weighted by Gasteiger charge is -1.92. The lowest BCUT2D eigenvalue weighted by molar-refractivity contribution is 1.11. The van der Waals surface area contributed by atoms with Gasteiger partial charge in [0.2, 0.25) is 0 Å². The van der Waals surface area contributed by atoms with E-state index in [2.05, 4.69) is 9.97 Å². The van der Waals surface area contributed by atoms with Crippen LogP contribution in [0.15, 0.2) is 30.7 Å². The van der Waals surface area contributed by atoms with E-state index in [0.717, 1.165) is 10.6 Å². The first-order valence-corrected chi connectivity index (χ1v) is 4.77. The van der Waals surface area contributed by atoms with Crippen LogP contribution in [0.2, 0.25) is 0 Å². The Bertz CT molecular complexity index is 383. The number of rotatable bonds is 2. The quantitative estimate of drug-likeness (QED) is 0.785. The van der Waals surface area contributed by atoms with Gasteiger partial charge < -0.3 is 5.73 Å². The van der Waals surface area contributed by atoms with Crippen LogP contribution in [0, 0.1) is 0 Å². The lowest BCUT2D eigenvalue weighted by atomic mass is 10.3. The molecule has 2 rings (SSSR count). The van der Waals surface area contributed by atoms with Crippen LogP contribution in [-0.4, -0.2) is 9.97 Å². The normalized spacial score (nSPS) is 10.2. The number of hydrogen-bond acceptors (Lipinski definition) is 4. The van der Waals surface area contributed by atoms with Crippen molar-refractivity contribution >= 4 is 11.3 Å². The van der Waals surface area contributed by atoms with E-state index >= 15 is 0 Å². The summed E-state index contributed by atoms with van der Waals surface area (Å²) in [5.41, 5.74) is 6.43. The monoisotopic (exact) mass is 191 g/mol. The zero-order valence-electron chi connectivity index (χ0n) is 6.97. The molecule has 0 unspecified atom stereocenters. The van der Waals surface area contributed by atoms with Crippen LogP contribution in [0.25, 0.3) is 10.6 Å². The molecule has 0 aromatic carbocycles. The predicted molar refractivity (Wildman–Crippen MR) is 53.2 cm³/mol. The highest BCUT2D eigenvalue weighted by Gasteiger charge is 2.01. The third kappa shape index (κ3) is 1.74. The standard InChI is InChI=1S/C9H9N3S/c10-5-7-1-2-9(13-7)8-6-11-3-4-12-8/h1-4,6H,5,10H2. The van der Waals surface area contributed by atoms with Crippen molar-refractivity contribution in [3.63, 3.8) is 0 Å². The maximum absolute atomic E-state index is 5.52. The zero-order valence-corrected chi connectivity index (χ0v) is 7.79. The van der Waals surface area contributed by atoms with Gasteiger partial charge in [-0.1, -0.05) is 0 Å². The van der Waals surface area contributed by atoms with Crippen LogP contribution in [0.3, 0.4) is 0 Å². The average Bonchev–Trinajstić information content (AvgIpc) is 2.67. The first-order chi connectivity index (χ1) is 6.40. The zero-order chi connectivity index (χ0) is 9.10. The lowest BCUT2D eigenvalue weighted by Crippen LogP contribution is -1.91. The van der Waals surface area contributed by atoms with Crippen LogP contribution in [0.1, 0.15) is 4.88 Å². The molecule has 0 atom stereocenters. The molecule has 0 aliphatic rings. The maximum Gasteiger partial charge on any atom is 0.0984 e. The van der Waals surface area contributed by atoms with Crippen molar-refractivity contribution in [2.75, 3.05) is 0 Å². The molecule has 2 N–H and O–H groups in total. The summed E-state index contributed by atoms with van der Waals surface area (Å²) in [5.74, 6) is 0. The smallest absolute Gasteiger partial charge is 0.0984 e. The van der Waals surface area contributed by atoms with Crippen LogP contribution in [0.5, 0.6) is 0 Å². The molecule has 0 fully saturated rings. The summed E-state index contributed by atoms with van der Waals surface area (Å²) in [6.07, 6.45) is 5.12. The van der Waals surface area contributed by atoms with Gasteiger partial charge in [0.1, 0.15) is 0 Å². The summed E-state index contributed by atoms with van der Waals surface area (Å²) in [5, 5.41) is 0. The minimum Gasteiger partial charge on any atom is -0.326 e. The number of hydrogen-bond donors (Lipinski definition) is 1. The summed E-state index contributed by atoms with van der Waals surface area (Å²) in [4.78, 5) is 10.5. The minimum atomic E-state index is 0.588. The topological polar surface area (TPSA) is 51.8 Å². The van der Waals surface area contributed by atoms with E-state index in [-0.39, 0.29) is 0 Å². The van der Waals surface area contributed by atoms with E-state index in [4.69, 9.17) is 5.73 Å². The molecule has 2 aromatic rings. The largest absolute Gasteiger partial charge is 0.326 e. The molecule has 0 saturated carbocycles. The molecule has 3 nitrogen and oxygen atoms in total. The molecule has 0 aliphatic heterocycles. The molecule has 2 aromatic heterocycles. The second-order valence-electron chi connectivity index (χ2n) is 2.56. The maximum atomic E-state index is 5.52. The van der Waals surface area contributed by atoms with Crippen molar-refractivity contribution in [1.29, 1.82) is 0 Å². The fourth-order valence-electron chi connectivity index (χ4n) is 1.05. The summed E-state index contributed by atoms with van der Waals surface area (Å²) in [6, 6.07) is 4.05. The van der Waals surface area contributed by atoms with Crippen molar-refractivity contribution in [2.24, 2.45) is 5.73 Å². The Kier molecular flexibility index (Phi) is 2.33. The van der Waals surface area contributed by atoms with Crippen LogP contribution in [-0.2, 0) is 6.54 Å². The number of nitrogens with two attached hydrogens (primary N) is 1. The number of aromatic nitrogens is 2. The van der Waals surface area contributed by atoms with Gasteiger partial charge in [-0.2, -0.15) is 0 Å². The Balaban J connectivity index is 2.36. The first-order valence-electron chi connectivity index (χ1n) is 3.95. The second-order valence-corrected chi connectivity index (χ2v) is 3.73. The first kappa shape index (κ1) is 8.34. The van der Waals surface area contributed by atoms with Gasteiger partial charge in [0, 0.05) is 23.8 Å². The average molecular weight is 191 g/mol. The third-order valence-electron chi connectivity index (χ3n) is 1.68. The van der Waals surface area contributed by atoms with Crippen molar-refractivity contribution in [2.45, 2.75) is 6.54 Å². The summed E-state index contributed by atoms with van der Waals surface area (Å²) < 4.78 is 0. The molecular formula is C9H9N3S. The van der Waals surface area contributed by atoms with Crippen molar-refractivity contribution in [3.05, 3.63) is 35.6 Å². The molecular weight excluding hydrogens is 182 g/mol. The molecule has 4 heteroatoms. The predicted octanol–water partition coefficient (Wildman–Crippen LogP) is 1.66. The molecule has 0 bridgehead atoms. The Morgan fingerprint density at radius 1 is 1.31 bits per heavy atom. The Morgan fingerprint density at radius 3 is 2.85 bits per heavy atom. The van der Waals surface area contributed by atoms with E-state index in [1.807, 2.05) is 12.1 Å². The van der Waals surface area contributed by atoms with E-state index < -0.39 is 0 Å². The summed E-state index contributed by atoms with van der Waals surface area (Å²) in [7, 11) is 0. The SMILES string of the molecule is NCc1ccc(-c2cnccn2)s1. The van der Waals surface area contributed by atoms with Crippen LogP contribution in [0.4, 0.5) is 0 Å². The van der Waals surface area contributed by atoms with Gasteiger partial charge in [0.25, 0.3) is 0 Å². The molecule has 2 heterocycles. The van der Waals surface area contributed by atoms with Crippen molar-refractivity contribution < 1.29 is 0 Å². The molecule has 0 spiro atoms. The van der Waals surface area contributed by atoms with E-state index in [1.165, 1.54) is 4.88 Å². The summed E-state index contributed by atoms with van der Waals surface area (Å²) in [6.45, 7) is 0.588. The fourth-order valence-corrected chi connectivity index (χ4v) is 1.90. The minimum absolute atomic E-state index is 0.588. The van der Waals surface area contributed by atoms with Gasteiger partial charge in [-0.25, -0.2) is 0 Å². The highest BCUT2D eigenvalue weighted by Crippen LogP contribution is 2.25. The van der Waals surface area contributed by atoms with Gasteiger partial charge in [-0.15, -0.1) is 11.3 Å². The molecule has 66 valence electrons. The van der Waals surface area contributed by atoms with Gasteiger partial charge in [-0.05, 0) is 12.1 Å². The molecule has 0 amide bonds. The molecule has 0 radical (unpaired) electrons. The van der Waals surface area contributed by atoms with Gasteiger partial charge in [0.05, 0.1) is 16.8 Å². The summed E-state index contributed by atoms with van der Waals surface area (Å²) >= 11 is 1.66. The Hall–Kier alpha value is -1.26. The molecule has 13 heavy (non-hydrogen) atoms.